The summed E-state index contributed by atoms with van der Waals surface area (Å²) in [6.45, 7) is 4.34. The van der Waals surface area contributed by atoms with E-state index in [-0.39, 0.29) is 24.4 Å². The van der Waals surface area contributed by atoms with E-state index in [0.717, 1.165) is 37.9 Å². The predicted octanol–water partition coefficient (Wildman–Crippen LogP) is 2.75. The maximum atomic E-state index is 12.2. The summed E-state index contributed by atoms with van der Waals surface area (Å²) in [5, 5.41) is 3.82. The fraction of sp³-hybridized carbons (Fsp3) is 0.562. The predicted molar refractivity (Wildman–Crippen MR) is 93.5 cm³/mol. The molecule has 6 heteroatoms. The van der Waals surface area contributed by atoms with E-state index in [9.17, 15) is 4.79 Å². The fourth-order valence-corrected chi connectivity index (χ4v) is 2.80. The van der Waals surface area contributed by atoms with Crippen LogP contribution >= 0.6 is 24.0 Å². The number of nitrogens with two attached hydrogens (primary N) is 1. The molecule has 0 spiro atoms. The number of benzene rings is 1. The van der Waals surface area contributed by atoms with Gasteiger partial charge in [0.1, 0.15) is 0 Å². The lowest BCUT2D eigenvalue weighted by molar-refractivity contribution is -0.123. The Morgan fingerprint density at radius 2 is 1.95 bits per heavy atom. The zero-order valence-electron chi connectivity index (χ0n) is 12.9. The monoisotopic (exact) mass is 345 g/mol. The smallest absolute Gasteiger partial charge is 0.234 e. The average Bonchev–Trinajstić information content (AvgIpc) is 2.48. The number of likely N-dealkylation sites (tertiary alicyclic amines) is 1. The van der Waals surface area contributed by atoms with E-state index in [2.05, 4.69) is 17.1 Å². The molecule has 1 heterocycles. The molecule has 0 aliphatic carbocycles. The van der Waals surface area contributed by atoms with Crippen molar-refractivity contribution in [2.24, 2.45) is 5.73 Å². The molecule has 3 N–H and O–H groups in total. The Hall–Kier alpha value is -0.810. The summed E-state index contributed by atoms with van der Waals surface area (Å²) in [7, 11) is 0. The molecule has 1 fully saturated rings. The zero-order chi connectivity index (χ0) is 15.2. The summed E-state index contributed by atoms with van der Waals surface area (Å²) in [6, 6.07) is 7.99. The van der Waals surface area contributed by atoms with Crippen LogP contribution in [0.15, 0.2) is 24.3 Å². The van der Waals surface area contributed by atoms with Gasteiger partial charge in [-0.3, -0.25) is 9.69 Å². The molecular weight excluding hydrogens is 321 g/mol. The molecule has 1 atom stereocenters. The summed E-state index contributed by atoms with van der Waals surface area (Å²) in [4.78, 5) is 14.4. The summed E-state index contributed by atoms with van der Waals surface area (Å²) >= 11 is 5.90. The largest absolute Gasteiger partial charge is 0.348 e. The van der Waals surface area contributed by atoms with Gasteiger partial charge in [-0.25, -0.2) is 0 Å². The van der Waals surface area contributed by atoms with Gasteiger partial charge in [0.25, 0.3) is 0 Å². The van der Waals surface area contributed by atoms with Gasteiger partial charge in [0.2, 0.25) is 5.91 Å². The van der Waals surface area contributed by atoms with E-state index < -0.39 is 0 Å². The molecule has 0 radical (unpaired) electrons. The molecule has 0 saturated carbocycles. The number of hydrogen-bond acceptors (Lipinski definition) is 3. The number of carbonyl (C=O) groups excluding carboxylic acids is 1. The zero-order valence-corrected chi connectivity index (χ0v) is 14.5. The van der Waals surface area contributed by atoms with Crippen molar-refractivity contribution in [3.8, 4) is 0 Å². The average molecular weight is 346 g/mol. The van der Waals surface area contributed by atoms with Crippen LogP contribution in [0.1, 0.15) is 37.8 Å². The van der Waals surface area contributed by atoms with Crippen molar-refractivity contribution < 1.29 is 4.79 Å². The molecule has 1 aliphatic rings. The highest BCUT2D eigenvalue weighted by molar-refractivity contribution is 6.30. The van der Waals surface area contributed by atoms with Crippen molar-refractivity contribution in [2.75, 3.05) is 19.6 Å². The molecule has 0 aromatic heterocycles. The molecule has 4 nitrogen and oxygen atoms in total. The second-order valence-corrected chi connectivity index (χ2v) is 6.13. The van der Waals surface area contributed by atoms with Crippen LogP contribution in [0.5, 0.6) is 0 Å². The van der Waals surface area contributed by atoms with Crippen LogP contribution in [0.2, 0.25) is 5.02 Å². The standard InChI is InChI=1S/C16H24ClN3O.ClH/c1-2-15(12-3-5-13(17)6-4-12)19-16(21)11-20-9-7-14(18)8-10-20;/h3-6,14-15H,2,7-11,18H2,1H3,(H,19,21);1H. The molecule has 22 heavy (non-hydrogen) atoms. The molecular formula is C16H25Cl2N3O. The normalized spacial score (nSPS) is 17.6. The first-order valence-corrected chi connectivity index (χ1v) is 7.99. The van der Waals surface area contributed by atoms with Gasteiger partial charge in [-0.1, -0.05) is 30.7 Å². The number of carbonyl (C=O) groups is 1. The lowest BCUT2D eigenvalue weighted by atomic mass is 10.0. The van der Waals surface area contributed by atoms with Gasteiger partial charge in [0.05, 0.1) is 12.6 Å². The molecule has 0 bridgehead atoms. The maximum Gasteiger partial charge on any atom is 0.234 e. The Morgan fingerprint density at radius 3 is 2.50 bits per heavy atom. The summed E-state index contributed by atoms with van der Waals surface area (Å²) in [5.74, 6) is 0.0762. The van der Waals surface area contributed by atoms with Gasteiger partial charge in [-0.2, -0.15) is 0 Å². The van der Waals surface area contributed by atoms with E-state index in [1.54, 1.807) is 0 Å². The number of piperidine rings is 1. The molecule has 1 aromatic carbocycles. The number of rotatable bonds is 5. The van der Waals surface area contributed by atoms with Gasteiger partial charge in [-0.15, -0.1) is 12.4 Å². The molecule has 2 rings (SSSR count). The molecule has 1 unspecified atom stereocenters. The second-order valence-electron chi connectivity index (χ2n) is 5.69. The first kappa shape index (κ1) is 19.2. The summed E-state index contributed by atoms with van der Waals surface area (Å²) in [5.41, 5.74) is 6.97. The third-order valence-electron chi connectivity index (χ3n) is 4.02. The number of amides is 1. The van der Waals surface area contributed by atoms with Crippen LogP contribution in [-0.4, -0.2) is 36.5 Å². The Balaban J connectivity index is 0.00000242. The van der Waals surface area contributed by atoms with Gasteiger partial charge in [0, 0.05) is 24.2 Å². The van der Waals surface area contributed by atoms with Crippen LogP contribution in [0, 0.1) is 0 Å². The minimum atomic E-state index is 0. The quantitative estimate of drug-likeness (QED) is 0.862. The number of nitrogens with zero attached hydrogens (tertiary/aromatic N) is 1. The van der Waals surface area contributed by atoms with Crippen molar-refractivity contribution in [1.82, 2.24) is 10.2 Å². The highest BCUT2D eigenvalue weighted by Crippen LogP contribution is 2.19. The Morgan fingerprint density at radius 1 is 1.36 bits per heavy atom. The van der Waals surface area contributed by atoms with Gasteiger partial charge in [-0.05, 0) is 37.0 Å². The topological polar surface area (TPSA) is 58.4 Å². The van der Waals surface area contributed by atoms with E-state index in [1.165, 1.54) is 0 Å². The summed E-state index contributed by atoms with van der Waals surface area (Å²) in [6.07, 6.45) is 2.81. The number of hydrogen-bond donors (Lipinski definition) is 2. The van der Waals surface area contributed by atoms with Crippen molar-refractivity contribution in [2.45, 2.75) is 38.3 Å². The van der Waals surface area contributed by atoms with Gasteiger partial charge in [0.15, 0.2) is 0 Å². The summed E-state index contributed by atoms with van der Waals surface area (Å²) < 4.78 is 0. The lowest BCUT2D eigenvalue weighted by Crippen LogP contribution is -2.45. The first-order chi connectivity index (χ1) is 10.1. The van der Waals surface area contributed by atoms with Crippen LogP contribution in [0.4, 0.5) is 0 Å². The third kappa shape index (κ3) is 5.76. The van der Waals surface area contributed by atoms with Crippen LogP contribution < -0.4 is 11.1 Å². The second kappa shape index (κ2) is 9.36. The van der Waals surface area contributed by atoms with Crippen LogP contribution in [0.3, 0.4) is 0 Å². The lowest BCUT2D eigenvalue weighted by Gasteiger charge is -2.30. The highest BCUT2D eigenvalue weighted by atomic mass is 35.5. The van der Waals surface area contributed by atoms with Crippen molar-refractivity contribution >= 4 is 29.9 Å². The van der Waals surface area contributed by atoms with Crippen LogP contribution in [-0.2, 0) is 4.79 Å². The molecule has 1 aliphatic heterocycles. The van der Waals surface area contributed by atoms with Crippen molar-refractivity contribution in [1.29, 1.82) is 0 Å². The number of halogens is 2. The minimum absolute atomic E-state index is 0. The maximum absolute atomic E-state index is 12.2. The Kier molecular flexibility index (Phi) is 8.18. The van der Waals surface area contributed by atoms with E-state index in [1.807, 2.05) is 24.3 Å². The van der Waals surface area contributed by atoms with Crippen molar-refractivity contribution in [3.05, 3.63) is 34.9 Å². The van der Waals surface area contributed by atoms with E-state index in [4.69, 9.17) is 17.3 Å². The Labute approximate surface area is 143 Å². The van der Waals surface area contributed by atoms with Crippen molar-refractivity contribution in [3.63, 3.8) is 0 Å². The Bertz CT molecular complexity index is 459. The number of nitrogens with one attached hydrogen (secondary N) is 1. The molecule has 1 amide bonds. The minimum Gasteiger partial charge on any atom is -0.348 e. The third-order valence-corrected chi connectivity index (χ3v) is 4.27. The molecule has 1 aromatic rings. The molecule has 1 saturated heterocycles. The van der Waals surface area contributed by atoms with Gasteiger partial charge < -0.3 is 11.1 Å². The SMILES string of the molecule is CCC(NC(=O)CN1CCC(N)CC1)c1ccc(Cl)cc1.Cl. The first-order valence-electron chi connectivity index (χ1n) is 7.61. The van der Waals surface area contributed by atoms with E-state index >= 15 is 0 Å². The van der Waals surface area contributed by atoms with E-state index in [0.29, 0.717) is 17.6 Å². The van der Waals surface area contributed by atoms with Gasteiger partial charge >= 0.3 is 0 Å². The highest BCUT2D eigenvalue weighted by Gasteiger charge is 2.19. The molecule has 124 valence electrons. The van der Waals surface area contributed by atoms with Crippen LogP contribution in [0.25, 0.3) is 0 Å². The fourth-order valence-electron chi connectivity index (χ4n) is 2.67.